The van der Waals surface area contributed by atoms with Gasteiger partial charge in [0.05, 0.1) is 21.7 Å². The number of halogens is 2. The van der Waals surface area contributed by atoms with E-state index >= 15 is 0 Å². The van der Waals surface area contributed by atoms with Gasteiger partial charge in [0.15, 0.2) is 0 Å². The van der Waals surface area contributed by atoms with E-state index in [1.165, 1.54) is 27.5 Å². The smallest absolute Gasteiger partial charge is 0.325 e. The molecule has 4 heterocycles. The van der Waals surface area contributed by atoms with Crippen molar-refractivity contribution < 1.29 is 19.1 Å². The van der Waals surface area contributed by atoms with Crippen LogP contribution in [0.3, 0.4) is 0 Å². The van der Waals surface area contributed by atoms with Crippen molar-refractivity contribution in [2.24, 2.45) is 0 Å². The molecule has 3 aromatic rings. The zero-order valence-electron chi connectivity index (χ0n) is 23.1. The lowest BCUT2D eigenvalue weighted by molar-refractivity contribution is -0.125. The Morgan fingerprint density at radius 1 is 1.24 bits per heavy atom. The molecule has 1 aromatic carbocycles. The van der Waals surface area contributed by atoms with Gasteiger partial charge in [0.25, 0.3) is 5.91 Å². The lowest BCUT2D eigenvalue weighted by atomic mass is 10.0. The van der Waals surface area contributed by atoms with Crippen molar-refractivity contribution in [2.75, 3.05) is 38.1 Å². The van der Waals surface area contributed by atoms with Crippen LogP contribution in [0.25, 0.3) is 10.6 Å². The summed E-state index contributed by atoms with van der Waals surface area (Å²) in [6.07, 6.45) is 5.35. The summed E-state index contributed by atoms with van der Waals surface area (Å²) in [5, 5.41) is 15.3. The number of nitrogens with one attached hydrogen (secondary N) is 2. The predicted octanol–water partition coefficient (Wildman–Crippen LogP) is 4.44. The average molecular weight is 646 g/mol. The van der Waals surface area contributed by atoms with Crippen molar-refractivity contribution in [3.8, 4) is 10.6 Å². The Kier molecular flexibility index (Phi) is 9.03. The van der Waals surface area contributed by atoms with Crippen LogP contribution >= 0.6 is 27.3 Å². The summed E-state index contributed by atoms with van der Waals surface area (Å²) in [5.41, 5.74) is 2.09. The van der Waals surface area contributed by atoms with E-state index in [1.807, 2.05) is 12.1 Å². The molecule has 2 aliphatic rings. The lowest BCUT2D eigenvalue weighted by Crippen LogP contribution is -2.46. The number of carbonyl (C=O) groups is 2. The second-order valence-electron chi connectivity index (χ2n) is 10.9. The SMILES string of the molecule is CC1(C)C(=O)NC(=O)N1CCNc1ncc(Br)c(-c2cc(CCN3CCC[C@H]3CO)c(Cc3ccc(F)cc3)s2)n1. The van der Waals surface area contributed by atoms with Crippen LogP contribution in [0.2, 0.25) is 0 Å². The molecule has 12 heteroatoms. The summed E-state index contributed by atoms with van der Waals surface area (Å²) in [6, 6.07) is 8.60. The first kappa shape index (κ1) is 29.6. The Bertz CT molecular complexity index is 1420. The van der Waals surface area contributed by atoms with Crippen LogP contribution in [0.15, 0.2) is 41.0 Å². The summed E-state index contributed by atoms with van der Waals surface area (Å²) >= 11 is 5.27. The molecule has 1 atom stereocenters. The number of imide groups is 1. The molecule has 218 valence electrons. The summed E-state index contributed by atoms with van der Waals surface area (Å²) in [7, 11) is 0. The molecule has 5 rings (SSSR count). The maximum Gasteiger partial charge on any atom is 0.325 e. The topological polar surface area (TPSA) is 111 Å². The summed E-state index contributed by atoms with van der Waals surface area (Å²) < 4.78 is 14.3. The highest BCUT2D eigenvalue weighted by Gasteiger charge is 2.45. The van der Waals surface area contributed by atoms with Gasteiger partial charge in [-0.2, -0.15) is 0 Å². The fraction of sp³-hybridized carbons (Fsp3) is 0.448. The van der Waals surface area contributed by atoms with Crippen molar-refractivity contribution >= 4 is 45.2 Å². The first-order valence-corrected chi connectivity index (χ1v) is 15.4. The molecule has 2 saturated heterocycles. The number of carbonyl (C=O) groups excluding carboxylic acids is 2. The van der Waals surface area contributed by atoms with E-state index in [-0.39, 0.29) is 24.4 Å². The molecule has 3 N–H and O–H groups in total. The average Bonchev–Trinajstić information content (AvgIpc) is 3.62. The molecule has 2 aromatic heterocycles. The van der Waals surface area contributed by atoms with Gasteiger partial charge in [-0.3, -0.25) is 15.0 Å². The van der Waals surface area contributed by atoms with E-state index in [9.17, 15) is 19.1 Å². The third-order valence-corrected chi connectivity index (χ3v) is 9.61. The van der Waals surface area contributed by atoms with Crippen LogP contribution in [-0.2, 0) is 17.6 Å². The molecule has 2 aliphatic heterocycles. The van der Waals surface area contributed by atoms with Crippen molar-refractivity contribution in [3.05, 3.63) is 62.8 Å². The number of aromatic nitrogens is 2. The van der Waals surface area contributed by atoms with Gasteiger partial charge < -0.3 is 15.3 Å². The monoisotopic (exact) mass is 644 g/mol. The molecular formula is C29H34BrFN6O3S. The van der Waals surface area contributed by atoms with Gasteiger partial charge in [-0.25, -0.2) is 19.2 Å². The number of urea groups is 1. The standard InChI is InChI=1S/C29H34BrFN6O3S/c1-29(2)26(39)35-28(40)37(29)13-10-32-27-33-16-22(30)25(34-27)24-15-19(9-12-36-11-3-4-21(36)17-38)23(41-24)14-18-5-7-20(31)8-6-18/h5-8,15-16,21,38H,3-4,9-14,17H2,1-2H3,(H,32,33,34)(H,35,39,40)/t21-/m0/s1. The molecular weight excluding hydrogens is 611 g/mol. The predicted molar refractivity (Wildman–Crippen MR) is 160 cm³/mol. The van der Waals surface area contributed by atoms with Crippen LogP contribution in [0.1, 0.15) is 42.7 Å². The Hall–Kier alpha value is -2.93. The van der Waals surface area contributed by atoms with Crippen molar-refractivity contribution in [3.63, 3.8) is 0 Å². The molecule has 0 bridgehead atoms. The number of thiophene rings is 1. The third kappa shape index (κ3) is 6.61. The molecule has 0 aliphatic carbocycles. The maximum atomic E-state index is 13.5. The normalized spacial score (nSPS) is 18.8. The highest BCUT2D eigenvalue weighted by molar-refractivity contribution is 9.10. The first-order chi connectivity index (χ1) is 19.7. The van der Waals surface area contributed by atoms with E-state index in [0.717, 1.165) is 53.0 Å². The van der Waals surface area contributed by atoms with Gasteiger partial charge in [0.1, 0.15) is 11.4 Å². The number of likely N-dealkylation sites (tertiary alicyclic amines) is 1. The number of aliphatic hydroxyl groups is 1. The van der Waals surface area contributed by atoms with Crippen LogP contribution in [-0.4, -0.2) is 81.2 Å². The third-order valence-electron chi connectivity index (χ3n) is 7.84. The number of nitrogens with zero attached hydrogens (tertiary/aromatic N) is 4. The number of rotatable bonds is 11. The van der Waals surface area contributed by atoms with Crippen LogP contribution in [0.5, 0.6) is 0 Å². The molecule has 0 unspecified atom stereocenters. The van der Waals surface area contributed by atoms with Crippen molar-refractivity contribution in [1.82, 2.24) is 25.1 Å². The summed E-state index contributed by atoms with van der Waals surface area (Å²) in [6.45, 7) is 6.15. The fourth-order valence-corrected chi connectivity index (χ4v) is 7.16. The number of anilines is 1. The van der Waals surface area contributed by atoms with Gasteiger partial charge in [0.2, 0.25) is 5.95 Å². The second-order valence-corrected chi connectivity index (χ2v) is 12.9. The second kappa shape index (κ2) is 12.5. The summed E-state index contributed by atoms with van der Waals surface area (Å²) in [4.78, 5) is 39.4. The van der Waals surface area contributed by atoms with E-state index < -0.39 is 11.6 Å². The Balaban J connectivity index is 1.34. The molecule has 2 fully saturated rings. The summed E-state index contributed by atoms with van der Waals surface area (Å²) in [5.74, 6) is -0.147. The zero-order chi connectivity index (χ0) is 29.1. The van der Waals surface area contributed by atoms with Gasteiger partial charge >= 0.3 is 6.03 Å². The largest absolute Gasteiger partial charge is 0.395 e. The van der Waals surface area contributed by atoms with Crippen LogP contribution in [0.4, 0.5) is 15.1 Å². The Morgan fingerprint density at radius 2 is 2.02 bits per heavy atom. The van der Waals surface area contributed by atoms with Crippen molar-refractivity contribution in [2.45, 2.75) is 51.1 Å². The molecule has 9 nitrogen and oxygen atoms in total. The zero-order valence-corrected chi connectivity index (χ0v) is 25.5. The lowest BCUT2D eigenvalue weighted by Gasteiger charge is -2.27. The molecule has 3 amide bonds. The van der Waals surface area contributed by atoms with E-state index in [1.54, 1.807) is 31.4 Å². The number of benzene rings is 1. The fourth-order valence-electron chi connectivity index (χ4n) is 5.37. The molecule has 41 heavy (non-hydrogen) atoms. The van der Waals surface area contributed by atoms with Gasteiger partial charge in [-0.15, -0.1) is 11.3 Å². The minimum Gasteiger partial charge on any atom is -0.395 e. The highest BCUT2D eigenvalue weighted by atomic mass is 79.9. The number of hydrogen-bond acceptors (Lipinski definition) is 8. The molecule has 0 radical (unpaired) electrons. The van der Waals surface area contributed by atoms with Gasteiger partial charge in [-0.1, -0.05) is 12.1 Å². The van der Waals surface area contributed by atoms with E-state index in [4.69, 9.17) is 4.98 Å². The molecule has 0 spiro atoms. The van der Waals surface area contributed by atoms with Gasteiger partial charge in [0, 0.05) is 43.2 Å². The Morgan fingerprint density at radius 3 is 2.73 bits per heavy atom. The van der Waals surface area contributed by atoms with Crippen molar-refractivity contribution in [1.29, 1.82) is 0 Å². The number of aliphatic hydroxyl groups excluding tert-OH is 1. The quantitative estimate of drug-likeness (QED) is 0.265. The van der Waals surface area contributed by atoms with Crippen LogP contribution < -0.4 is 10.6 Å². The highest BCUT2D eigenvalue weighted by Crippen LogP contribution is 2.36. The molecule has 0 saturated carbocycles. The van der Waals surface area contributed by atoms with E-state index in [2.05, 4.69) is 42.5 Å². The maximum absolute atomic E-state index is 13.5. The minimum absolute atomic E-state index is 0.178. The van der Waals surface area contributed by atoms with Gasteiger partial charge in [-0.05, 0) is 84.9 Å². The number of amides is 3. The first-order valence-electron chi connectivity index (χ1n) is 13.8. The van der Waals surface area contributed by atoms with Crippen LogP contribution in [0, 0.1) is 5.82 Å². The number of hydrogen-bond donors (Lipinski definition) is 3. The van der Waals surface area contributed by atoms with E-state index in [0.29, 0.717) is 25.5 Å². The Labute approximate surface area is 251 Å². The minimum atomic E-state index is -0.912.